The zero-order chi connectivity index (χ0) is 10.7. The number of amidine groups is 1. The zero-order valence-electron chi connectivity index (χ0n) is 8.23. The summed E-state index contributed by atoms with van der Waals surface area (Å²) in [6, 6.07) is 3.49. The van der Waals surface area contributed by atoms with Crippen molar-refractivity contribution in [3.05, 3.63) is 28.3 Å². The zero-order valence-corrected chi connectivity index (χ0v) is 8.98. The first kappa shape index (κ1) is 10.9. The van der Waals surface area contributed by atoms with E-state index in [0.29, 0.717) is 16.3 Å². The van der Waals surface area contributed by atoms with Gasteiger partial charge in [0.1, 0.15) is 11.6 Å². The lowest BCUT2D eigenvalue weighted by Crippen LogP contribution is -2.12. The van der Waals surface area contributed by atoms with E-state index in [-0.39, 0.29) is 5.84 Å². The van der Waals surface area contributed by atoms with Crippen LogP contribution in [0.5, 0.6) is 5.75 Å². The Kier molecular flexibility index (Phi) is 3.36. The van der Waals surface area contributed by atoms with Crippen LogP contribution in [0.25, 0.3) is 0 Å². The number of rotatable bonds is 3. The number of hydrogen-bond acceptors (Lipinski definition) is 2. The Balaban J connectivity index is 3.31. The molecule has 0 saturated heterocycles. The molecule has 3 N–H and O–H groups in total. The molecular weight excluding hydrogens is 200 g/mol. The number of benzene rings is 1. The third-order valence-electron chi connectivity index (χ3n) is 2.04. The lowest BCUT2D eigenvalue weighted by Gasteiger charge is -2.10. The summed E-state index contributed by atoms with van der Waals surface area (Å²) in [5.41, 5.74) is 6.93. The van der Waals surface area contributed by atoms with E-state index in [1.165, 1.54) is 0 Å². The fourth-order valence-corrected chi connectivity index (χ4v) is 1.54. The predicted molar refractivity (Wildman–Crippen MR) is 58.4 cm³/mol. The summed E-state index contributed by atoms with van der Waals surface area (Å²) in [4.78, 5) is 0. The van der Waals surface area contributed by atoms with Crippen LogP contribution in [-0.2, 0) is 6.42 Å². The van der Waals surface area contributed by atoms with Crippen molar-refractivity contribution in [1.29, 1.82) is 5.41 Å². The minimum atomic E-state index is -0.0357. The third-order valence-corrected chi connectivity index (χ3v) is 2.39. The average molecular weight is 213 g/mol. The highest BCUT2D eigenvalue weighted by atomic mass is 35.5. The van der Waals surface area contributed by atoms with Gasteiger partial charge in [-0.05, 0) is 24.1 Å². The van der Waals surface area contributed by atoms with Crippen molar-refractivity contribution in [2.45, 2.75) is 13.3 Å². The summed E-state index contributed by atoms with van der Waals surface area (Å²) in [7, 11) is 1.55. The van der Waals surface area contributed by atoms with Gasteiger partial charge in [-0.2, -0.15) is 0 Å². The Bertz CT molecular complexity index is 363. The molecule has 0 amide bonds. The largest absolute Gasteiger partial charge is 0.496 e. The van der Waals surface area contributed by atoms with Gasteiger partial charge in [-0.25, -0.2) is 0 Å². The van der Waals surface area contributed by atoms with Gasteiger partial charge in [0.05, 0.1) is 12.7 Å². The van der Waals surface area contributed by atoms with Crippen molar-refractivity contribution in [2.24, 2.45) is 5.73 Å². The van der Waals surface area contributed by atoms with Gasteiger partial charge in [0.2, 0.25) is 0 Å². The van der Waals surface area contributed by atoms with E-state index in [1.807, 2.05) is 13.0 Å². The maximum absolute atomic E-state index is 7.34. The molecule has 0 saturated carbocycles. The smallest absolute Gasteiger partial charge is 0.130 e. The van der Waals surface area contributed by atoms with Crippen LogP contribution in [0.1, 0.15) is 18.1 Å². The fourth-order valence-electron chi connectivity index (χ4n) is 1.25. The second-order valence-corrected chi connectivity index (χ2v) is 3.32. The van der Waals surface area contributed by atoms with Gasteiger partial charge in [-0.3, -0.25) is 5.41 Å². The van der Waals surface area contributed by atoms with Crippen molar-refractivity contribution >= 4 is 17.4 Å². The summed E-state index contributed by atoms with van der Waals surface area (Å²) in [5, 5.41) is 7.97. The summed E-state index contributed by atoms with van der Waals surface area (Å²) >= 11 is 5.99. The lowest BCUT2D eigenvalue weighted by molar-refractivity contribution is 0.413. The molecule has 1 aromatic carbocycles. The molecule has 0 unspecified atom stereocenters. The van der Waals surface area contributed by atoms with Gasteiger partial charge in [-0.1, -0.05) is 18.5 Å². The molecule has 3 nitrogen and oxygen atoms in total. The topological polar surface area (TPSA) is 59.1 Å². The molecule has 0 radical (unpaired) electrons. The van der Waals surface area contributed by atoms with Crippen molar-refractivity contribution in [3.63, 3.8) is 0 Å². The van der Waals surface area contributed by atoms with Crippen LogP contribution in [0, 0.1) is 5.41 Å². The molecular formula is C10H13ClN2O. The molecule has 0 aliphatic carbocycles. The number of nitrogen functional groups attached to an aromatic ring is 1. The molecule has 0 aliphatic rings. The Morgan fingerprint density at radius 3 is 2.64 bits per heavy atom. The predicted octanol–water partition coefficient (Wildman–Crippen LogP) is 2.20. The molecule has 14 heavy (non-hydrogen) atoms. The number of nitrogens with one attached hydrogen (secondary N) is 1. The van der Waals surface area contributed by atoms with Gasteiger partial charge in [-0.15, -0.1) is 0 Å². The minimum absolute atomic E-state index is 0.0357. The minimum Gasteiger partial charge on any atom is -0.496 e. The first-order valence-electron chi connectivity index (χ1n) is 4.31. The first-order valence-corrected chi connectivity index (χ1v) is 4.68. The van der Waals surface area contributed by atoms with E-state index in [0.717, 1.165) is 12.0 Å². The summed E-state index contributed by atoms with van der Waals surface area (Å²) in [5.74, 6) is 0.560. The van der Waals surface area contributed by atoms with Crippen molar-refractivity contribution in [1.82, 2.24) is 0 Å². The molecule has 76 valence electrons. The van der Waals surface area contributed by atoms with Crippen LogP contribution in [0.2, 0.25) is 5.02 Å². The number of halogens is 1. The molecule has 1 aromatic rings. The van der Waals surface area contributed by atoms with Gasteiger partial charge in [0.25, 0.3) is 0 Å². The SMILES string of the molecule is CCc1cc(OC)c(C(=N)N)cc1Cl. The first-order chi connectivity index (χ1) is 6.60. The number of methoxy groups -OCH3 is 1. The van der Waals surface area contributed by atoms with Gasteiger partial charge < -0.3 is 10.5 Å². The van der Waals surface area contributed by atoms with Crippen molar-refractivity contribution in [2.75, 3.05) is 7.11 Å². The maximum Gasteiger partial charge on any atom is 0.130 e. The van der Waals surface area contributed by atoms with Crippen LogP contribution in [0.3, 0.4) is 0 Å². The molecule has 0 fully saturated rings. The van der Waals surface area contributed by atoms with Crippen molar-refractivity contribution in [3.8, 4) is 5.75 Å². The van der Waals surface area contributed by atoms with E-state index in [9.17, 15) is 0 Å². The van der Waals surface area contributed by atoms with Crippen LogP contribution in [-0.4, -0.2) is 12.9 Å². The molecule has 0 bridgehead atoms. The Hall–Kier alpha value is -1.22. The molecule has 0 aromatic heterocycles. The Morgan fingerprint density at radius 1 is 1.57 bits per heavy atom. The Labute approximate surface area is 88.3 Å². The standard InChI is InChI=1S/C10H13ClN2O/c1-3-6-4-9(14-2)7(10(12)13)5-8(6)11/h4-5H,3H2,1-2H3,(H3,12,13). The quantitative estimate of drug-likeness (QED) is 0.596. The van der Waals surface area contributed by atoms with E-state index in [4.69, 9.17) is 27.5 Å². The van der Waals surface area contributed by atoms with E-state index in [2.05, 4.69) is 0 Å². The number of nitrogens with two attached hydrogens (primary N) is 1. The van der Waals surface area contributed by atoms with Gasteiger partial charge in [0, 0.05) is 5.02 Å². The molecule has 0 atom stereocenters. The Morgan fingerprint density at radius 2 is 2.21 bits per heavy atom. The number of ether oxygens (including phenoxy) is 1. The number of hydrogen-bond donors (Lipinski definition) is 2. The van der Waals surface area contributed by atoms with Gasteiger partial charge in [0.15, 0.2) is 0 Å². The highest BCUT2D eigenvalue weighted by molar-refractivity contribution is 6.31. The van der Waals surface area contributed by atoms with Gasteiger partial charge >= 0.3 is 0 Å². The lowest BCUT2D eigenvalue weighted by atomic mass is 10.1. The highest BCUT2D eigenvalue weighted by Crippen LogP contribution is 2.26. The third kappa shape index (κ3) is 1.99. The normalized spacial score (nSPS) is 9.93. The maximum atomic E-state index is 7.34. The van der Waals surface area contributed by atoms with Crippen LogP contribution in [0.4, 0.5) is 0 Å². The average Bonchev–Trinajstić information content (AvgIpc) is 2.17. The van der Waals surface area contributed by atoms with E-state index in [1.54, 1.807) is 13.2 Å². The summed E-state index contributed by atoms with van der Waals surface area (Å²) < 4.78 is 5.12. The molecule has 0 heterocycles. The second kappa shape index (κ2) is 4.33. The van der Waals surface area contributed by atoms with E-state index < -0.39 is 0 Å². The molecule has 4 heteroatoms. The fraction of sp³-hybridized carbons (Fsp3) is 0.300. The van der Waals surface area contributed by atoms with Crippen LogP contribution >= 0.6 is 11.6 Å². The second-order valence-electron chi connectivity index (χ2n) is 2.91. The molecule has 1 rings (SSSR count). The summed E-state index contributed by atoms with van der Waals surface area (Å²) in [6.07, 6.45) is 0.827. The van der Waals surface area contributed by atoms with Crippen molar-refractivity contribution < 1.29 is 4.74 Å². The number of aryl methyl sites for hydroxylation is 1. The summed E-state index contributed by atoms with van der Waals surface area (Å²) in [6.45, 7) is 2.01. The monoisotopic (exact) mass is 212 g/mol. The van der Waals surface area contributed by atoms with Crippen LogP contribution in [0.15, 0.2) is 12.1 Å². The highest BCUT2D eigenvalue weighted by Gasteiger charge is 2.09. The molecule has 0 aliphatic heterocycles. The molecule has 0 spiro atoms. The van der Waals surface area contributed by atoms with E-state index >= 15 is 0 Å². The van der Waals surface area contributed by atoms with Crippen LogP contribution < -0.4 is 10.5 Å².